The van der Waals surface area contributed by atoms with Gasteiger partial charge in [-0.1, -0.05) is 6.92 Å². The second kappa shape index (κ2) is 3.56. The Morgan fingerprint density at radius 3 is 2.50 bits per heavy atom. The van der Waals surface area contributed by atoms with Gasteiger partial charge in [0.25, 0.3) is 0 Å². The van der Waals surface area contributed by atoms with Gasteiger partial charge in [-0.15, -0.1) is 0 Å². The molecular formula is C7H15NO2. The van der Waals surface area contributed by atoms with E-state index < -0.39 is 5.60 Å². The summed E-state index contributed by atoms with van der Waals surface area (Å²) in [7, 11) is 0. The molecule has 10 heavy (non-hydrogen) atoms. The number of nitrogens with two attached hydrogens (primary N) is 1. The molecule has 0 aromatic heterocycles. The topological polar surface area (TPSA) is 63.3 Å². The number of amides is 1. The monoisotopic (exact) mass is 145 g/mol. The molecule has 3 heteroatoms. The fourth-order valence-electron chi connectivity index (χ4n) is 0.569. The Morgan fingerprint density at radius 1 is 1.70 bits per heavy atom. The van der Waals surface area contributed by atoms with Crippen molar-refractivity contribution in [3.05, 3.63) is 0 Å². The Balaban J connectivity index is 3.56. The van der Waals surface area contributed by atoms with E-state index in [-0.39, 0.29) is 12.3 Å². The van der Waals surface area contributed by atoms with Crippen LogP contribution in [0.4, 0.5) is 0 Å². The summed E-state index contributed by atoms with van der Waals surface area (Å²) in [6.07, 6.45) is 1.37. The first-order valence-corrected chi connectivity index (χ1v) is 3.48. The van der Waals surface area contributed by atoms with Gasteiger partial charge in [0, 0.05) is 6.42 Å². The standard InChI is InChI=1S/C7H15NO2/c1-3-7(2,10)5-4-6(8)9/h10H,3-5H2,1-2H3,(H2,8,9)/t7-/m1/s1. The van der Waals surface area contributed by atoms with E-state index in [0.29, 0.717) is 12.8 Å². The minimum Gasteiger partial charge on any atom is -0.390 e. The van der Waals surface area contributed by atoms with E-state index in [1.165, 1.54) is 0 Å². The molecule has 0 aliphatic rings. The molecule has 3 N–H and O–H groups in total. The van der Waals surface area contributed by atoms with Crippen molar-refractivity contribution in [3.63, 3.8) is 0 Å². The minimum absolute atomic E-state index is 0.265. The van der Waals surface area contributed by atoms with E-state index in [9.17, 15) is 9.90 Å². The highest BCUT2D eigenvalue weighted by Crippen LogP contribution is 2.14. The molecule has 0 rings (SSSR count). The molecule has 0 saturated heterocycles. The smallest absolute Gasteiger partial charge is 0.217 e. The second-order valence-corrected chi connectivity index (χ2v) is 2.82. The summed E-state index contributed by atoms with van der Waals surface area (Å²) in [6, 6.07) is 0. The molecule has 0 aromatic carbocycles. The van der Waals surface area contributed by atoms with Crippen LogP contribution < -0.4 is 5.73 Å². The lowest BCUT2D eigenvalue weighted by Gasteiger charge is -2.19. The Kier molecular flexibility index (Phi) is 3.36. The molecule has 0 bridgehead atoms. The number of rotatable bonds is 4. The van der Waals surface area contributed by atoms with Crippen LogP contribution in [0, 0.1) is 0 Å². The van der Waals surface area contributed by atoms with Gasteiger partial charge in [-0.25, -0.2) is 0 Å². The van der Waals surface area contributed by atoms with Gasteiger partial charge in [-0.3, -0.25) is 4.79 Å². The zero-order chi connectivity index (χ0) is 8.20. The van der Waals surface area contributed by atoms with Crippen LogP contribution in [0.3, 0.4) is 0 Å². The maximum atomic E-state index is 10.3. The highest BCUT2D eigenvalue weighted by atomic mass is 16.3. The molecule has 0 spiro atoms. The van der Waals surface area contributed by atoms with Crippen molar-refractivity contribution in [2.24, 2.45) is 5.73 Å². The number of hydrogen-bond donors (Lipinski definition) is 2. The number of primary amides is 1. The molecule has 0 unspecified atom stereocenters. The van der Waals surface area contributed by atoms with Crippen molar-refractivity contribution >= 4 is 5.91 Å². The molecule has 0 heterocycles. The Hall–Kier alpha value is -0.570. The predicted molar refractivity (Wildman–Crippen MR) is 39.3 cm³/mol. The summed E-state index contributed by atoms with van der Waals surface area (Å²) in [4.78, 5) is 10.3. The van der Waals surface area contributed by atoms with Crippen LogP contribution in [0.5, 0.6) is 0 Å². The van der Waals surface area contributed by atoms with Crippen LogP contribution in [0.2, 0.25) is 0 Å². The molecular weight excluding hydrogens is 130 g/mol. The molecule has 0 radical (unpaired) electrons. The number of hydrogen-bond acceptors (Lipinski definition) is 2. The first-order valence-electron chi connectivity index (χ1n) is 3.48. The van der Waals surface area contributed by atoms with Gasteiger partial charge >= 0.3 is 0 Å². The van der Waals surface area contributed by atoms with E-state index in [1.807, 2.05) is 6.92 Å². The third-order valence-electron chi connectivity index (χ3n) is 1.67. The van der Waals surface area contributed by atoms with E-state index in [1.54, 1.807) is 6.92 Å². The van der Waals surface area contributed by atoms with Crippen molar-refractivity contribution in [3.8, 4) is 0 Å². The van der Waals surface area contributed by atoms with Crippen molar-refractivity contribution in [1.29, 1.82) is 0 Å². The fourth-order valence-corrected chi connectivity index (χ4v) is 0.569. The predicted octanol–water partition coefficient (Wildman–Crippen LogP) is 0.413. The third-order valence-corrected chi connectivity index (χ3v) is 1.67. The van der Waals surface area contributed by atoms with Crippen molar-refractivity contribution < 1.29 is 9.90 Å². The average molecular weight is 145 g/mol. The summed E-state index contributed by atoms with van der Waals surface area (Å²) >= 11 is 0. The average Bonchev–Trinajstić information content (AvgIpc) is 1.85. The quantitative estimate of drug-likeness (QED) is 0.602. The lowest BCUT2D eigenvalue weighted by Crippen LogP contribution is -2.25. The van der Waals surface area contributed by atoms with E-state index in [2.05, 4.69) is 0 Å². The summed E-state index contributed by atoms with van der Waals surface area (Å²) in [5.41, 5.74) is 4.18. The first kappa shape index (κ1) is 9.43. The van der Waals surface area contributed by atoms with Crippen LogP contribution in [0.1, 0.15) is 33.1 Å². The highest BCUT2D eigenvalue weighted by Gasteiger charge is 2.17. The molecule has 0 aliphatic carbocycles. The van der Waals surface area contributed by atoms with Gasteiger partial charge in [0.1, 0.15) is 0 Å². The molecule has 1 amide bonds. The molecule has 0 aromatic rings. The molecule has 3 nitrogen and oxygen atoms in total. The number of aliphatic hydroxyl groups is 1. The van der Waals surface area contributed by atoms with Crippen LogP contribution in [0.25, 0.3) is 0 Å². The van der Waals surface area contributed by atoms with Crippen LogP contribution in [0.15, 0.2) is 0 Å². The van der Waals surface area contributed by atoms with Gasteiger partial charge in [-0.05, 0) is 19.8 Å². The Labute approximate surface area is 61.2 Å². The zero-order valence-corrected chi connectivity index (χ0v) is 6.55. The zero-order valence-electron chi connectivity index (χ0n) is 6.55. The van der Waals surface area contributed by atoms with Crippen molar-refractivity contribution in [2.45, 2.75) is 38.7 Å². The van der Waals surface area contributed by atoms with Crippen LogP contribution >= 0.6 is 0 Å². The largest absolute Gasteiger partial charge is 0.390 e. The van der Waals surface area contributed by atoms with Gasteiger partial charge in [0.05, 0.1) is 5.60 Å². The van der Waals surface area contributed by atoms with Crippen molar-refractivity contribution in [2.75, 3.05) is 0 Å². The summed E-state index contributed by atoms with van der Waals surface area (Å²) < 4.78 is 0. The number of carbonyl (C=O) groups excluding carboxylic acids is 1. The maximum absolute atomic E-state index is 10.3. The van der Waals surface area contributed by atoms with E-state index in [4.69, 9.17) is 5.73 Å². The minimum atomic E-state index is -0.727. The lowest BCUT2D eigenvalue weighted by atomic mass is 9.97. The highest BCUT2D eigenvalue weighted by molar-refractivity contribution is 5.73. The summed E-state index contributed by atoms with van der Waals surface area (Å²) in [5, 5.41) is 9.36. The van der Waals surface area contributed by atoms with E-state index >= 15 is 0 Å². The fraction of sp³-hybridized carbons (Fsp3) is 0.857. The van der Waals surface area contributed by atoms with E-state index in [0.717, 1.165) is 0 Å². The van der Waals surface area contributed by atoms with Crippen molar-refractivity contribution in [1.82, 2.24) is 0 Å². The molecule has 1 atom stereocenters. The number of carbonyl (C=O) groups is 1. The SMILES string of the molecule is CC[C@@](C)(O)CCC(N)=O. The van der Waals surface area contributed by atoms with Gasteiger partial charge < -0.3 is 10.8 Å². The maximum Gasteiger partial charge on any atom is 0.217 e. The van der Waals surface area contributed by atoms with Crippen LogP contribution in [-0.4, -0.2) is 16.6 Å². The summed E-state index contributed by atoms with van der Waals surface area (Å²) in [5.74, 6) is -0.353. The molecule has 0 saturated carbocycles. The lowest BCUT2D eigenvalue weighted by molar-refractivity contribution is -0.119. The first-order chi connectivity index (χ1) is 4.48. The Bertz CT molecular complexity index is 121. The van der Waals surface area contributed by atoms with Gasteiger partial charge in [0.2, 0.25) is 5.91 Å². The van der Waals surface area contributed by atoms with Gasteiger partial charge in [0.15, 0.2) is 0 Å². The third kappa shape index (κ3) is 4.32. The second-order valence-electron chi connectivity index (χ2n) is 2.82. The van der Waals surface area contributed by atoms with Crippen LogP contribution in [-0.2, 0) is 4.79 Å². The molecule has 60 valence electrons. The summed E-state index contributed by atoms with van der Waals surface area (Å²) in [6.45, 7) is 3.58. The molecule has 0 fully saturated rings. The Morgan fingerprint density at radius 2 is 2.20 bits per heavy atom. The van der Waals surface area contributed by atoms with Gasteiger partial charge in [-0.2, -0.15) is 0 Å². The normalized spacial score (nSPS) is 16.3. The molecule has 0 aliphatic heterocycles.